The van der Waals surface area contributed by atoms with Crippen molar-refractivity contribution in [3.05, 3.63) is 77.9 Å². The minimum atomic E-state index is -0.239. The van der Waals surface area contributed by atoms with Crippen LogP contribution in [0.15, 0.2) is 60.8 Å². The maximum Gasteiger partial charge on any atom is 0.133 e. The first kappa shape index (κ1) is 24.0. The summed E-state index contributed by atoms with van der Waals surface area (Å²) in [6.07, 6.45) is 8.37. The minimum Gasteiger partial charge on any atom is -0.366 e. The van der Waals surface area contributed by atoms with Crippen molar-refractivity contribution in [2.24, 2.45) is 0 Å². The number of likely N-dealkylation sites (tertiary alicyclic amines) is 1. The van der Waals surface area contributed by atoms with Crippen molar-refractivity contribution in [2.75, 3.05) is 44.2 Å². The molecule has 2 atom stereocenters. The molecular weight excluding hydrogens is 457 g/mol. The van der Waals surface area contributed by atoms with Crippen LogP contribution in [0.25, 0.3) is 5.70 Å². The third-order valence-corrected chi connectivity index (χ3v) is 7.00. The molecule has 1 aromatic carbocycles. The molecule has 0 aliphatic carbocycles. The average Bonchev–Trinajstić information content (AvgIpc) is 3.58. The van der Waals surface area contributed by atoms with Crippen molar-refractivity contribution in [1.82, 2.24) is 25.4 Å². The fourth-order valence-corrected chi connectivity index (χ4v) is 5.09. The predicted molar refractivity (Wildman–Crippen MR) is 139 cm³/mol. The monoisotopic (exact) mass is 489 g/mol. The smallest absolute Gasteiger partial charge is 0.133 e. The molecule has 3 aliphatic rings. The number of hydrogen-bond acceptors (Lipinski definition) is 7. The van der Waals surface area contributed by atoms with Gasteiger partial charge in [-0.15, -0.1) is 0 Å². The summed E-state index contributed by atoms with van der Waals surface area (Å²) in [5, 5.41) is 15.3. The van der Waals surface area contributed by atoms with E-state index >= 15 is 0 Å². The Hall–Kier alpha value is -3.72. The largest absolute Gasteiger partial charge is 0.366 e. The highest BCUT2D eigenvalue weighted by atomic mass is 19.1. The highest BCUT2D eigenvalue weighted by Gasteiger charge is 2.27. The van der Waals surface area contributed by atoms with Crippen molar-refractivity contribution in [1.29, 1.82) is 5.41 Å². The van der Waals surface area contributed by atoms with E-state index in [1.807, 2.05) is 47.5 Å². The molecule has 2 saturated heterocycles. The van der Waals surface area contributed by atoms with Crippen LogP contribution in [0.3, 0.4) is 0 Å². The standard InChI is InChI=1S/C27H32FN7O/c28-21-5-1-4-20(18-21)24-7-3-11-35(24)25(29)9-10-26-30-19-23(31-26)22-6-2-8-27(32-22)34-14-12-33(13-15-34)16-17-36/h1-2,4-6,8-10,17-19,24,26,29-31H,3,7,11-16H2. The van der Waals surface area contributed by atoms with Gasteiger partial charge in [-0.25, -0.2) is 9.37 Å². The number of rotatable bonds is 7. The molecule has 0 bridgehead atoms. The first-order valence-corrected chi connectivity index (χ1v) is 12.5. The number of aromatic nitrogens is 1. The Morgan fingerprint density at radius 2 is 1.97 bits per heavy atom. The van der Waals surface area contributed by atoms with Crippen molar-refractivity contribution >= 4 is 23.6 Å². The summed E-state index contributed by atoms with van der Waals surface area (Å²) in [5.74, 6) is 1.11. The summed E-state index contributed by atoms with van der Waals surface area (Å²) in [5.41, 5.74) is 2.67. The van der Waals surface area contributed by atoms with Gasteiger partial charge in [-0.3, -0.25) is 10.3 Å². The fourth-order valence-electron chi connectivity index (χ4n) is 5.09. The van der Waals surface area contributed by atoms with Crippen LogP contribution in [0.1, 0.15) is 30.1 Å². The molecule has 5 rings (SSSR count). The van der Waals surface area contributed by atoms with Gasteiger partial charge < -0.3 is 25.2 Å². The summed E-state index contributed by atoms with van der Waals surface area (Å²) < 4.78 is 13.7. The topological polar surface area (TPSA) is 87.6 Å². The average molecular weight is 490 g/mol. The number of carbonyl (C=O) groups excluding carboxylic acids is 1. The summed E-state index contributed by atoms with van der Waals surface area (Å²) in [6.45, 7) is 4.66. The molecule has 1 aromatic heterocycles. The van der Waals surface area contributed by atoms with Crippen LogP contribution in [0, 0.1) is 11.2 Å². The van der Waals surface area contributed by atoms with E-state index in [1.54, 1.807) is 12.1 Å². The molecule has 188 valence electrons. The first-order valence-electron chi connectivity index (χ1n) is 12.5. The second-order valence-electron chi connectivity index (χ2n) is 9.33. The third-order valence-electron chi connectivity index (χ3n) is 7.00. The van der Waals surface area contributed by atoms with Crippen LogP contribution >= 0.6 is 0 Å². The van der Waals surface area contributed by atoms with Gasteiger partial charge in [0.25, 0.3) is 0 Å². The molecular formula is C27H32FN7O. The van der Waals surface area contributed by atoms with Gasteiger partial charge in [-0.1, -0.05) is 18.2 Å². The number of nitrogens with zero attached hydrogens (tertiary/aromatic N) is 4. The number of hydrogen-bond donors (Lipinski definition) is 3. The van der Waals surface area contributed by atoms with Gasteiger partial charge in [-0.05, 0) is 54.8 Å². The van der Waals surface area contributed by atoms with E-state index in [4.69, 9.17) is 10.4 Å². The van der Waals surface area contributed by atoms with Gasteiger partial charge in [0.2, 0.25) is 0 Å². The van der Waals surface area contributed by atoms with Crippen LogP contribution in [0.4, 0.5) is 10.2 Å². The maximum absolute atomic E-state index is 13.7. The van der Waals surface area contributed by atoms with E-state index in [0.29, 0.717) is 12.4 Å². The van der Waals surface area contributed by atoms with Crippen LogP contribution in [0.5, 0.6) is 0 Å². The number of aldehydes is 1. The second-order valence-corrected chi connectivity index (χ2v) is 9.33. The lowest BCUT2D eigenvalue weighted by atomic mass is 10.0. The Morgan fingerprint density at radius 3 is 2.78 bits per heavy atom. The van der Waals surface area contributed by atoms with Crippen molar-refractivity contribution in [3.8, 4) is 0 Å². The van der Waals surface area contributed by atoms with E-state index in [-0.39, 0.29) is 18.0 Å². The van der Waals surface area contributed by atoms with Gasteiger partial charge in [0.05, 0.1) is 24.0 Å². The molecule has 4 heterocycles. The number of amidine groups is 1. The zero-order valence-corrected chi connectivity index (χ0v) is 20.2. The van der Waals surface area contributed by atoms with E-state index in [1.165, 1.54) is 6.07 Å². The van der Waals surface area contributed by atoms with Crippen LogP contribution in [-0.4, -0.2) is 72.3 Å². The van der Waals surface area contributed by atoms with Crippen LogP contribution in [-0.2, 0) is 4.79 Å². The number of halogens is 1. The SMILES string of the molecule is N=C(C=CC1NC=C(c2cccc(N3CCN(CC=O)CC3)n2)N1)N1CCCC1c1cccc(F)c1. The Kier molecular flexibility index (Phi) is 7.27. The molecule has 2 fully saturated rings. The Morgan fingerprint density at radius 1 is 1.14 bits per heavy atom. The van der Waals surface area contributed by atoms with Crippen molar-refractivity contribution in [3.63, 3.8) is 0 Å². The lowest BCUT2D eigenvalue weighted by molar-refractivity contribution is -0.108. The van der Waals surface area contributed by atoms with Gasteiger partial charge in [0.1, 0.15) is 29.9 Å². The van der Waals surface area contributed by atoms with E-state index in [9.17, 15) is 9.18 Å². The van der Waals surface area contributed by atoms with Crippen LogP contribution in [0.2, 0.25) is 0 Å². The summed E-state index contributed by atoms with van der Waals surface area (Å²) in [4.78, 5) is 22.0. The van der Waals surface area contributed by atoms with Gasteiger partial charge in [-0.2, -0.15) is 0 Å². The molecule has 9 heteroatoms. The fraction of sp³-hybridized carbons (Fsp3) is 0.370. The van der Waals surface area contributed by atoms with Gasteiger partial charge in [0.15, 0.2) is 0 Å². The quantitative estimate of drug-likeness (QED) is 0.313. The molecule has 0 saturated carbocycles. The Balaban J connectivity index is 1.17. The molecule has 8 nitrogen and oxygen atoms in total. The number of piperazine rings is 1. The number of benzene rings is 1. The summed E-state index contributed by atoms with van der Waals surface area (Å²) in [6, 6.07) is 12.7. The summed E-state index contributed by atoms with van der Waals surface area (Å²) >= 11 is 0. The Bertz CT molecular complexity index is 1160. The highest BCUT2D eigenvalue weighted by molar-refractivity contribution is 5.91. The van der Waals surface area contributed by atoms with E-state index in [0.717, 1.165) is 74.6 Å². The Labute approximate surface area is 211 Å². The molecule has 0 amide bonds. The zero-order chi connectivity index (χ0) is 24.9. The molecule has 0 spiro atoms. The zero-order valence-electron chi connectivity index (χ0n) is 20.2. The van der Waals surface area contributed by atoms with Gasteiger partial charge in [0, 0.05) is 38.9 Å². The molecule has 2 unspecified atom stereocenters. The lowest BCUT2D eigenvalue weighted by Crippen LogP contribution is -2.47. The normalized spacial score (nSPS) is 22.4. The van der Waals surface area contributed by atoms with E-state index in [2.05, 4.69) is 20.4 Å². The summed E-state index contributed by atoms with van der Waals surface area (Å²) in [7, 11) is 0. The lowest BCUT2D eigenvalue weighted by Gasteiger charge is -2.34. The number of pyridine rings is 1. The first-order chi connectivity index (χ1) is 17.6. The molecule has 3 aliphatic heterocycles. The van der Waals surface area contributed by atoms with Crippen LogP contribution < -0.4 is 15.5 Å². The van der Waals surface area contributed by atoms with Crippen molar-refractivity contribution in [2.45, 2.75) is 25.0 Å². The molecule has 2 aromatic rings. The van der Waals surface area contributed by atoms with Crippen molar-refractivity contribution < 1.29 is 9.18 Å². The predicted octanol–water partition coefficient (Wildman–Crippen LogP) is 2.73. The highest BCUT2D eigenvalue weighted by Crippen LogP contribution is 2.32. The van der Waals surface area contributed by atoms with E-state index < -0.39 is 0 Å². The maximum atomic E-state index is 13.7. The van der Waals surface area contributed by atoms with Gasteiger partial charge >= 0.3 is 0 Å². The number of nitrogens with one attached hydrogen (secondary N) is 3. The molecule has 3 N–H and O–H groups in total. The third kappa shape index (κ3) is 5.41. The minimum absolute atomic E-state index is 0.0308. The number of anilines is 1. The number of carbonyl (C=O) groups is 1. The second kappa shape index (κ2) is 10.9. The molecule has 36 heavy (non-hydrogen) atoms. The molecule has 0 radical (unpaired) electrons.